The van der Waals surface area contributed by atoms with Crippen molar-refractivity contribution in [3.05, 3.63) is 58.4 Å². The van der Waals surface area contributed by atoms with Crippen molar-refractivity contribution in [2.24, 2.45) is 10.1 Å². The fourth-order valence-electron chi connectivity index (χ4n) is 2.51. The standard InChI is InChI=1S/C18H17N3O5S2/c1-11-3-5-12(6-4-11)17(23)20-18-21(10-16(22)26-2)14-8-7-13(28(19,24)25)9-15(14)27-18/h3-9H,10H2,1-2H3,(H2,19,24,25). The van der Waals surface area contributed by atoms with Crippen LogP contribution < -0.4 is 9.94 Å². The number of benzene rings is 2. The first-order valence-corrected chi connectivity index (χ1v) is 10.4. The van der Waals surface area contributed by atoms with Gasteiger partial charge in [0.15, 0.2) is 4.80 Å². The van der Waals surface area contributed by atoms with Crippen molar-refractivity contribution in [1.29, 1.82) is 0 Å². The minimum atomic E-state index is -3.89. The number of rotatable bonds is 4. The summed E-state index contributed by atoms with van der Waals surface area (Å²) < 4.78 is 29.9. The molecule has 1 heterocycles. The van der Waals surface area contributed by atoms with Crippen LogP contribution in [0.4, 0.5) is 0 Å². The average molecular weight is 419 g/mol. The number of fused-ring (bicyclic) bond motifs is 1. The van der Waals surface area contributed by atoms with Crippen LogP contribution in [0.3, 0.4) is 0 Å². The molecule has 146 valence electrons. The number of hydrogen-bond donors (Lipinski definition) is 1. The summed E-state index contributed by atoms with van der Waals surface area (Å²) in [6.45, 7) is 1.73. The van der Waals surface area contributed by atoms with Gasteiger partial charge >= 0.3 is 5.97 Å². The molecule has 1 aromatic heterocycles. The second kappa shape index (κ2) is 7.66. The van der Waals surface area contributed by atoms with Crippen LogP contribution in [0.25, 0.3) is 10.2 Å². The smallest absolute Gasteiger partial charge is 0.325 e. The lowest BCUT2D eigenvalue weighted by Crippen LogP contribution is -2.22. The highest BCUT2D eigenvalue weighted by molar-refractivity contribution is 7.89. The molecule has 0 atom stereocenters. The summed E-state index contributed by atoms with van der Waals surface area (Å²) in [6.07, 6.45) is 0. The van der Waals surface area contributed by atoms with Crippen molar-refractivity contribution in [3.8, 4) is 0 Å². The molecule has 1 amide bonds. The quantitative estimate of drug-likeness (QED) is 0.644. The maximum atomic E-state index is 12.5. The van der Waals surface area contributed by atoms with Crippen molar-refractivity contribution in [2.75, 3.05) is 7.11 Å². The Morgan fingerprint density at radius 2 is 1.86 bits per heavy atom. The Kier molecular flexibility index (Phi) is 5.45. The molecule has 0 aliphatic rings. The highest BCUT2D eigenvalue weighted by atomic mass is 32.2. The lowest BCUT2D eigenvalue weighted by Gasteiger charge is -2.04. The molecule has 28 heavy (non-hydrogen) atoms. The summed E-state index contributed by atoms with van der Waals surface area (Å²) >= 11 is 1.08. The van der Waals surface area contributed by atoms with Crippen LogP contribution in [-0.4, -0.2) is 32.0 Å². The summed E-state index contributed by atoms with van der Waals surface area (Å²) in [6, 6.07) is 11.2. The number of sulfonamides is 1. The Bertz CT molecular complexity index is 1240. The monoisotopic (exact) mass is 419 g/mol. The zero-order valence-corrected chi connectivity index (χ0v) is 16.7. The lowest BCUT2D eigenvalue weighted by atomic mass is 10.1. The van der Waals surface area contributed by atoms with Gasteiger partial charge in [-0.25, -0.2) is 13.6 Å². The number of thiazole rings is 1. The SMILES string of the molecule is COC(=O)Cn1c(=NC(=O)c2ccc(C)cc2)sc2cc(S(N)(=O)=O)ccc21. The van der Waals surface area contributed by atoms with Crippen molar-refractivity contribution >= 4 is 43.5 Å². The summed E-state index contributed by atoms with van der Waals surface area (Å²) in [5.41, 5.74) is 1.95. The molecule has 0 unspecified atom stereocenters. The number of amides is 1. The molecule has 10 heteroatoms. The van der Waals surface area contributed by atoms with Gasteiger partial charge in [-0.1, -0.05) is 29.0 Å². The Balaban J connectivity index is 2.18. The third-order valence-electron chi connectivity index (χ3n) is 3.99. The molecule has 0 aliphatic carbocycles. The molecule has 0 spiro atoms. The largest absolute Gasteiger partial charge is 0.468 e. The summed E-state index contributed by atoms with van der Waals surface area (Å²) in [7, 11) is -2.63. The maximum absolute atomic E-state index is 12.5. The molecule has 0 bridgehead atoms. The van der Waals surface area contributed by atoms with Gasteiger partial charge in [-0.05, 0) is 37.3 Å². The molecule has 3 aromatic rings. The van der Waals surface area contributed by atoms with E-state index in [0.717, 1.165) is 16.9 Å². The van der Waals surface area contributed by atoms with E-state index in [1.807, 2.05) is 6.92 Å². The zero-order valence-electron chi connectivity index (χ0n) is 15.1. The summed E-state index contributed by atoms with van der Waals surface area (Å²) in [5, 5.41) is 5.18. The van der Waals surface area contributed by atoms with Gasteiger partial charge in [0.25, 0.3) is 5.91 Å². The number of hydrogen-bond acceptors (Lipinski definition) is 6. The van der Waals surface area contributed by atoms with Crippen LogP contribution in [0.1, 0.15) is 15.9 Å². The van der Waals surface area contributed by atoms with Crippen molar-refractivity contribution < 1.29 is 22.7 Å². The van der Waals surface area contributed by atoms with E-state index in [4.69, 9.17) is 9.88 Å². The van der Waals surface area contributed by atoms with Gasteiger partial charge in [0.05, 0.1) is 22.2 Å². The predicted octanol–water partition coefficient (Wildman–Crippen LogP) is 1.57. The molecule has 0 aliphatic heterocycles. The van der Waals surface area contributed by atoms with Gasteiger partial charge < -0.3 is 9.30 Å². The number of carbonyl (C=O) groups excluding carboxylic acids is 2. The summed E-state index contributed by atoms with van der Waals surface area (Å²) in [4.78, 5) is 28.7. The maximum Gasteiger partial charge on any atom is 0.325 e. The van der Waals surface area contributed by atoms with E-state index in [1.54, 1.807) is 24.3 Å². The van der Waals surface area contributed by atoms with E-state index < -0.39 is 21.9 Å². The van der Waals surface area contributed by atoms with Crippen LogP contribution in [0.5, 0.6) is 0 Å². The van der Waals surface area contributed by atoms with Crippen LogP contribution in [-0.2, 0) is 26.1 Å². The lowest BCUT2D eigenvalue weighted by molar-refractivity contribution is -0.141. The number of aryl methyl sites for hydroxylation is 1. The number of esters is 1. The summed E-state index contributed by atoms with van der Waals surface area (Å²) in [5.74, 6) is -1.00. The van der Waals surface area contributed by atoms with E-state index in [2.05, 4.69) is 4.99 Å². The van der Waals surface area contributed by atoms with Crippen LogP contribution >= 0.6 is 11.3 Å². The number of ether oxygens (including phenoxy) is 1. The van der Waals surface area contributed by atoms with Crippen molar-refractivity contribution in [1.82, 2.24) is 4.57 Å². The third-order valence-corrected chi connectivity index (χ3v) is 5.95. The number of primary sulfonamides is 1. The Morgan fingerprint density at radius 3 is 2.46 bits per heavy atom. The minimum Gasteiger partial charge on any atom is -0.468 e. The first-order chi connectivity index (χ1) is 13.2. The fourth-order valence-corrected chi connectivity index (χ4v) is 4.19. The molecule has 0 saturated heterocycles. The predicted molar refractivity (Wildman–Crippen MR) is 104 cm³/mol. The molecule has 2 N–H and O–H groups in total. The Labute approximate surface area is 164 Å². The molecule has 0 saturated carbocycles. The van der Waals surface area contributed by atoms with Gasteiger partial charge in [-0.3, -0.25) is 9.59 Å². The first kappa shape index (κ1) is 19.9. The first-order valence-electron chi connectivity index (χ1n) is 8.08. The van der Waals surface area contributed by atoms with Crippen LogP contribution in [0.2, 0.25) is 0 Å². The number of aromatic nitrogens is 1. The van der Waals surface area contributed by atoms with E-state index >= 15 is 0 Å². The van der Waals surface area contributed by atoms with Gasteiger partial charge in [0.1, 0.15) is 6.54 Å². The van der Waals surface area contributed by atoms with E-state index in [1.165, 1.54) is 29.9 Å². The van der Waals surface area contributed by atoms with Gasteiger partial charge in [0, 0.05) is 5.56 Å². The minimum absolute atomic E-state index is 0.0668. The topological polar surface area (TPSA) is 121 Å². The third kappa shape index (κ3) is 4.19. The van der Waals surface area contributed by atoms with E-state index in [-0.39, 0.29) is 16.2 Å². The Hall–Kier alpha value is -2.82. The normalized spacial score (nSPS) is 12.3. The van der Waals surface area contributed by atoms with Gasteiger partial charge in [-0.2, -0.15) is 4.99 Å². The van der Waals surface area contributed by atoms with Crippen LogP contribution in [0.15, 0.2) is 52.4 Å². The molecule has 8 nitrogen and oxygen atoms in total. The number of nitrogens with two attached hydrogens (primary N) is 1. The highest BCUT2D eigenvalue weighted by Crippen LogP contribution is 2.21. The second-order valence-electron chi connectivity index (χ2n) is 6.00. The second-order valence-corrected chi connectivity index (χ2v) is 8.57. The van der Waals surface area contributed by atoms with Crippen LogP contribution in [0, 0.1) is 6.92 Å². The molecule has 0 radical (unpaired) electrons. The van der Waals surface area contributed by atoms with Crippen molar-refractivity contribution in [3.63, 3.8) is 0 Å². The van der Waals surface area contributed by atoms with E-state index in [0.29, 0.717) is 15.8 Å². The number of carbonyl (C=O) groups is 2. The highest BCUT2D eigenvalue weighted by Gasteiger charge is 2.15. The number of methoxy groups -OCH3 is 1. The molecule has 2 aromatic carbocycles. The Morgan fingerprint density at radius 1 is 1.18 bits per heavy atom. The van der Waals surface area contributed by atoms with Gasteiger partial charge in [-0.15, -0.1) is 0 Å². The van der Waals surface area contributed by atoms with E-state index in [9.17, 15) is 18.0 Å². The number of nitrogens with zero attached hydrogens (tertiary/aromatic N) is 2. The van der Waals surface area contributed by atoms with Gasteiger partial charge in [0.2, 0.25) is 10.0 Å². The zero-order chi connectivity index (χ0) is 20.5. The molecular formula is C18H17N3O5S2. The average Bonchev–Trinajstić information content (AvgIpc) is 2.97. The molecular weight excluding hydrogens is 402 g/mol. The molecule has 3 rings (SSSR count). The molecule has 0 fully saturated rings. The van der Waals surface area contributed by atoms with Crippen molar-refractivity contribution in [2.45, 2.75) is 18.4 Å². The fraction of sp³-hybridized carbons (Fsp3) is 0.167.